The number of alkyl halides is 3. The van der Waals surface area contributed by atoms with Crippen LogP contribution in [0.5, 0.6) is 0 Å². The smallest absolute Gasteiger partial charge is 0.371 e. The van der Waals surface area contributed by atoms with Crippen molar-refractivity contribution in [2.45, 2.75) is 45.3 Å². The van der Waals surface area contributed by atoms with Crippen LogP contribution in [0, 0.1) is 5.41 Å². The van der Waals surface area contributed by atoms with Gasteiger partial charge in [0.25, 0.3) is 0 Å². The van der Waals surface area contributed by atoms with Gasteiger partial charge >= 0.3 is 12.2 Å². The average Bonchev–Trinajstić information content (AvgIpc) is 3.66. The Balaban J connectivity index is 1.23. The van der Waals surface area contributed by atoms with Crippen LogP contribution in [-0.2, 0) is 17.5 Å². The predicted molar refractivity (Wildman–Crippen MR) is 134 cm³/mol. The molecule has 5 rings (SSSR count). The molecule has 37 heavy (non-hydrogen) atoms. The first-order valence-electron chi connectivity index (χ1n) is 12.8. The number of anilines is 2. The van der Waals surface area contributed by atoms with Gasteiger partial charge in [-0.3, -0.25) is 9.69 Å². The van der Waals surface area contributed by atoms with Gasteiger partial charge in [-0.1, -0.05) is 6.07 Å². The fourth-order valence-electron chi connectivity index (χ4n) is 5.91. The average molecular weight is 519 g/mol. The zero-order valence-corrected chi connectivity index (χ0v) is 21.3. The number of carbonyl (C=O) groups excluding carboxylic acids is 2. The lowest BCUT2D eigenvalue weighted by molar-refractivity contribution is -0.137. The summed E-state index contributed by atoms with van der Waals surface area (Å²) in [5.41, 5.74) is 0.887. The van der Waals surface area contributed by atoms with E-state index in [9.17, 15) is 22.8 Å². The molecular weight excluding hydrogens is 485 g/mol. The van der Waals surface area contributed by atoms with Crippen LogP contribution in [0.4, 0.5) is 29.3 Å². The Morgan fingerprint density at radius 1 is 1.08 bits per heavy atom. The Kier molecular flexibility index (Phi) is 6.68. The summed E-state index contributed by atoms with van der Waals surface area (Å²) in [5.74, 6) is -0.147. The van der Waals surface area contributed by atoms with Crippen molar-refractivity contribution in [1.82, 2.24) is 19.6 Å². The van der Waals surface area contributed by atoms with Gasteiger partial charge in [0.15, 0.2) is 0 Å². The Morgan fingerprint density at radius 3 is 2.51 bits per heavy atom. The Morgan fingerprint density at radius 2 is 1.81 bits per heavy atom. The summed E-state index contributed by atoms with van der Waals surface area (Å²) >= 11 is 0. The Hall–Kier alpha value is -3.08. The van der Waals surface area contributed by atoms with Crippen molar-refractivity contribution in [2.75, 3.05) is 56.1 Å². The lowest BCUT2D eigenvalue weighted by atomic mass is 9.86. The number of nitrogens with zero attached hydrogens (tertiary/aromatic N) is 6. The highest BCUT2D eigenvalue weighted by Crippen LogP contribution is 2.42. The Labute approximate surface area is 214 Å². The zero-order chi connectivity index (χ0) is 26.4. The van der Waals surface area contributed by atoms with E-state index in [4.69, 9.17) is 0 Å². The molecule has 1 aromatic heterocycles. The van der Waals surface area contributed by atoms with Crippen LogP contribution >= 0.6 is 0 Å². The van der Waals surface area contributed by atoms with E-state index in [0.29, 0.717) is 44.0 Å². The van der Waals surface area contributed by atoms with E-state index >= 15 is 0 Å². The number of aromatic nitrogens is 2. The van der Waals surface area contributed by atoms with E-state index in [1.807, 2.05) is 11.0 Å². The third-order valence-corrected chi connectivity index (χ3v) is 8.07. The van der Waals surface area contributed by atoms with Crippen molar-refractivity contribution in [3.63, 3.8) is 0 Å². The summed E-state index contributed by atoms with van der Waals surface area (Å²) in [6, 6.07) is 4.54. The number of likely N-dealkylation sites (tertiary alicyclic amines) is 2. The van der Waals surface area contributed by atoms with Crippen LogP contribution in [0.25, 0.3) is 0 Å². The van der Waals surface area contributed by atoms with Crippen molar-refractivity contribution in [1.29, 1.82) is 0 Å². The van der Waals surface area contributed by atoms with Crippen molar-refractivity contribution in [3.8, 4) is 0 Å². The predicted octanol–water partition coefficient (Wildman–Crippen LogP) is 4.05. The third kappa shape index (κ3) is 5.18. The van der Waals surface area contributed by atoms with Crippen LogP contribution < -0.4 is 9.80 Å². The van der Waals surface area contributed by atoms with Gasteiger partial charge in [0, 0.05) is 64.3 Å². The monoisotopic (exact) mass is 518 g/mol. The molecule has 8 nitrogen and oxygen atoms in total. The minimum Gasteiger partial charge on any atom is -0.371 e. The van der Waals surface area contributed by atoms with E-state index < -0.39 is 11.7 Å². The molecule has 3 aliphatic heterocycles. The second kappa shape index (κ2) is 9.66. The van der Waals surface area contributed by atoms with E-state index in [1.165, 1.54) is 28.8 Å². The summed E-state index contributed by atoms with van der Waals surface area (Å²) < 4.78 is 42.9. The summed E-state index contributed by atoms with van der Waals surface area (Å²) in [7, 11) is 1.63. The molecule has 3 fully saturated rings. The molecule has 0 N–H and O–H groups in total. The van der Waals surface area contributed by atoms with Crippen LogP contribution in [0.15, 0.2) is 30.6 Å². The number of amides is 2. The van der Waals surface area contributed by atoms with Gasteiger partial charge < -0.3 is 14.7 Å². The molecule has 3 aliphatic rings. The summed E-state index contributed by atoms with van der Waals surface area (Å²) in [6.07, 6.45) is 2.24. The van der Waals surface area contributed by atoms with Crippen molar-refractivity contribution < 1.29 is 22.8 Å². The second-order valence-electron chi connectivity index (χ2n) is 10.7. The minimum atomic E-state index is -4.39. The molecule has 0 bridgehead atoms. The highest BCUT2D eigenvalue weighted by Gasteiger charge is 2.45. The molecule has 1 aromatic carbocycles. The van der Waals surface area contributed by atoms with E-state index in [0.717, 1.165) is 38.8 Å². The van der Waals surface area contributed by atoms with Crippen molar-refractivity contribution in [2.24, 2.45) is 5.41 Å². The molecule has 2 aromatic rings. The zero-order valence-electron chi connectivity index (χ0n) is 21.3. The maximum absolute atomic E-state index is 13.9. The van der Waals surface area contributed by atoms with Gasteiger partial charge in [0.05, 0.1) is 23.6 Å². The number of benzene rings is 1. The topological polar surface area (TPSA) is 64.9 Å². The minimum absolute atomic E-state index is 0.0653. The first-order valence-corrected chi connectivity index (χ1v) is 12.8. The van der Waals surface area contributed by atoms with Gasteiger partial charge in [-0.25, -0.2) is 4.79 Å². The summed E-state index contributed by atoms with van der Waals surface area (Å²) in [5, 5.41) is 4.14. The first kappa shape index (κ1) is 25.6. The van der Waals surface area contributed by atoms with Crippen LogP contribution in [0.3, 0.4) is 0 Å². The molecule has 2 amide bonds. The Bertz CT molecular complexity index is 1180. The molecule has 1 unspecified atom stereocenters. The van der Waals surface area contributed by atoms with Crippen LogP contribution in [-0.4, -0.2) is 77.8 Å². The lowest BCUT2D eigenvalue weighted by Gasteiger charge is -2.26. The molecule has 4 heterocycles. The highest BCUT2D eigenvalue weighted by molar-refractivity contribution is 5.91. The first-order chi connectivity index (χ1) is 17.5. The highest BCUT2D eigenvalue weighted by atomic mass is 19.4. The largest absolute Gasteiger partial charge is 0.418 e. The van der Waals surface area contributed by atoms with E-state index in [-0.39, 0.29) is 23.0 Å². The van der Waals surface area contributed by atoms with Gasteiger partial charge in [0.1, 0.15) is 0 Å². The molecule has 1 atom stereocenters. The van der Waals surface area contributed by atoms with Crippen LogP contribution in [0.1, 0.15) is 43.7 Å². The van der Waals surface area contributed by atoms with Gasteiger partial charge in [-0.2, -0.15) is 23.0 Å². The molecule has 0 saturated carbocycles. The maximum Gasteiger partial charge on any atom is 0.418 e. The fraction of sp³-hybridized carbons (Fsp3) is 0.577. The standard InChI is InChI=1S/C26H33F3N6O2/c1-19(36)31(2)21-14-30-35(16-21)24(37)34-12-8-25(18-34)7-11-32(17-25)15-20-5-6-23(33-9-3-4-10-33)22(13-20)26(27,28)29/h5-6,13-14,16H,3-4,7-12,15,17-18H2,1-2H3. The van der Waals surface area contributed by atoms with E-state index in [1.54, 1.807) is 24.2 Å². The number of halogens is 3. The summed E-state index contributed by atoms with van der Waals surface area (Å²) in [4.78, 5) is 31.9. The number of hydrogen-bond donors (Lipinski definition) is 0. The van der Waals surface area contributed by atoms with Crippen molar-refractivity contribution >= 4 is 23.3 Å². The van der Waals surface area contributed by atoms with Gasteiger partial charge in [-0.15, -0.1) is 0 Å². The maximum atomic E-state index is 13.9. The number of carbonyl (C=O) groups is 2. The lowest BCUT2D eigenvalue weighted by Crippen LogP contribution is -2.36. The molecule has 0 radical (unpaired) electrons. The molecule has 200 valence electrons. The molecule has 1 spiro atoms. The fourth-order valence-corrected chi connectivity index (χ4v) is 5.91. The summed E-state index contributed by atoms with van der Waals surface area (Å²) in [6.45, 7) is 5.95. The van der Waals surface area contributed by atoms with Crippen molar-refractivity contribution in [3.05, 3.63) is 41.7 Å². The SMILES string of the molecule is CC(=O)N(C)c1cnn(C(=O)N2CCC3(CCN(Cc4ccc(N5CCCC5)c(C(F)(F)F)c4)C3)C2)c1. The third-order valence-electron chi connectivity index (χ3n) is 8.07. The van der Waals surface area contributed by atoms with Gasteiger partial charge in [-0.05, 0) is 49.9 Å². The van der Waals surface area contributed by atoms with Crippen LogP contribution in [0.2, 0.25) is 0 Å². The normalized spacial score (nSPS) is 22.4. The van der Waals surface area contributed by atoms with Gasteiger partial charge in [0.2, 0.25) is 5.91 Å². The number of hydrogen-bond acceptors (Lipinski definition) is 5. The molecule has 3 saturated heterocycles. The molecule has 0 aliphatic carbocycles. The quantitative estimate of drug-likeness (QED) is 0.611. The second-order valence-corrected chi connectivity index (χ2v) is 10.7. The number of rotatable bonds is 4. The van der Waals surface area contributed by atoms with E-state index in [2.05, 4.69) is 10.00 Å². The molecule has 11 heteroatoms. The molecular formula is C26H33F3N6O2.